The molecule has 0 bridgehead atoms. The lowest BCUT2D eigenvalue weighted by Gasteiger charge is -2.22. The molecule has 1 aliphatic rings. The van der Waals surface area contributed by atoms with E-state index in [9.17, 15) is 0 Å². The number of anilines is 1. The second-order valence-corrected chi connectivity index (χ2v) is 6.40. The first-order chi connectivity index (χ1) is 10.8. The van der Waals surface area contributed by atoms with Crippen LogP contribution in [0.25, 0.3) is 10.2 Å². The van der Waals surface area contributed by atoms with Crippen LogP contribution in [0.2, 0.25) is 0 Å². The Morgan fingerprint density at radius 3 is 3.14 bits per heavy atom. The molecule has 7 heteroatoms. The highest BCUT2D eigenvalue weighted by atomic mass is 32.1. The number of methoxy groups -OCH3 is 1. The van der Waals surface area contributed by atoms with Crippen LogP contribution < -0.4 is 5.32 Å². The fourth-order valence-electron chi connectivity index (χ4n) is 2.81. The van der Waals surface area contributed by atoms with E-state index in [1.54, 1.807) is 18.4 Å². The van der Waals surface area contributed by atoms with Gasteiger partial charge in [0.1, 0.15) is 12.4 Å². The van der Waals surface area contributed by atoms with Crippen molar-refractivity contribution in [2.75, 3.05) is 12.4 Å². The van der Waals surface area contributed by atoms with E-state index in [2.05, 4.69) is 26.4 Å². The van der Waals surface area contributed by atoms with Gasteiger partial charge in [0.25, 0.3) is 0 Å². The number of rotatable bonds is 4. The Balaban J connectivity index is 1.61. The Morgan fingerprint density at radius 2 is 2.27 bits per heavy atom. The van der Waals surface area contributed by atoms with E-state index in [1.807, 2.05) is 22.9 Å². The highest BCUT2D eigenvalue weighted by Crippen LogP contribution is 2.31. The molecule has 0 spiro atoms. The number of ether oxygens (including phenoxy) is 1. The monoisotopic (exact) mass is 315 g/mol. The summed E-state index contributed by atoms with van der Waals surface area (Å²) in [6.45, 7) is 1.37. The number of thiazole rings is 1. The van der Waals surface area contributed by atoms with Gasteiger partial charge in [-0.1, -0.05) is 23.5 Å². The van der Waals surface area contributed by atoms with E-state index in [1.165, 1.54) is 4.70 Å². The first-order valence-electron chi connectivity index (χ1n) is 7.38. The smallest absolute Gasteiger partial charge is 0.184 e. The van der Waals surface area contributed by atoms with Crippen molar-refractivity contribution in [3.63, 3.8) is 0 Å². The summed E-state index contributed by atoms with van der Waals surface area (Å²) in [5, 5.41) is 8.96. The minimum absolute atomic E-state index is 0.160. The Labute approximate surface area is 132 Å². The van der Waals surface area contributed by atoms with Gasteiger partial charge in [-0.15, -0.1) is 0 Å². The number of nitrogens with zero attached hydrogens (tertiary/aromatic N) is 4. The quantitative estimate of drug-likeness (QED) is 0.802. The molecule has 114 valence electrons. The molecule has 0 fully saturated rings. The number of hydrogen-bond donors (Lipinski definition) is 1. The summed E-state index contributed by atoms with van der Waals surface area (Å²) < 4.78 is 8.32. The Hall–Kier alpha value is -1.99. The van der Waals surface area contributed by atoms with Gasteiger partial charge in [0.05, 0.1) is 16.3 Å². The maximum absolute atomic E-state index is 5.13. The summed E-state index contributed by atoms with van der Waals surface area (Å²) in [4.78, 5) is 9.26. The number of benzene rings is 1. The van der Waals surface area contributed by atoms with Crippen LogP contribution >= 0.6 is 11.3 Å². The number of nitrogens with one attached hydrogen (secondary N) is 1. The predicted octanol–water partition coefficient (Wildman–Crippen LogP) is 2.98. The molecule has 0 radical (unpaired) electrons. The predicted molar refractivity (Wildman–Crippen MR) is 86.0 cm³/mol. The molecule has 2 aromatic heterocycles. The van der Waals surface area contributed by atoms with Crippen molar-refractivity contribution in [3.05, 3.63) is 35.9 Å². The van der Waals surface area contributed by atoms with Crippen LogP contribution in [-0.4, -0.2) is 26.9 Å². The number of hydrogen-bond acceptors (Lipinski definition) is 6. The van der Waals surface area contributed by atoms with Gasteiger partial charge in [0.15, 0.2) is 11.0 Å². The second kappa shape index (κ2) is 5.66. The van der Waals surface area contributed by atoms with Crippen LogP contribution in [-0.2, 0) is 17.9 Å². The summed E-state index contributed by atoms with van der Waals surface area (Å²) in [7, 11) is 1.66. The van der Waals surface area contributed by atoms with Crippen molar-refractivity contribution in [2.45, 2.75) is 32.0 Å². The van der Waals surface area contributed by atoms with E-state index in [-0.39, 0.29) is 6.04 Å². The Kier molecular flexibility index (Phi) is 3.51. The third-order valence-corrected chi connectivity index (χ3v) is 4.75. The topological polar surface area (TPSA) is 64.9 Å². The van der Waals surface area contributed by atoms with Gasteiger partial charge in [-0.3, -0.25) is 0 Å². The van der Waals surface area contributed by atoms with Gasteiger partial charge in [-0.25, -0.2) is 14.6 Å². The van der Waals surface area contributed by atoms with Crippen LogP contribution in [0.15, 0.2) is 24.3 Å². The summed E-state index contributed by atoms with van der Waals surface area (Å²) in [6, 6.07) is 8.35. The molecule has 0 amide bonds. The lowest BCUT2D eigenvalue weighted by molar-refractivity contribution is 0.177. The normalized spacial score (nSPS) is 17.6. The lowest BCUT2D eigenvalue weighted by Crippen LogP contribution is -2.22. The van der Waals surface area contributed by atoms with E-state index in [4.69, 9.17) is 4.74 Å². The number of para-hydroxylation sites is 1. The molecule has 4 rings (SSSR count). The maximum atomic E-state index is 5.13. The number of fused-ring (bicyclic) bond motifs is 2. The molecular formula is C15H17N5OS. The fourth-order valence-corrected chi connectivity index (χ4v) is 3.73. The molecule has 1 N–H and O–H groups in total. The molecule has 0 saturated carbocycles. The molecule has 0 saturated heterocycles. The first kappa shape index (κ1) is 13.7. The molecule has 0 aliphatic carbocycles. The largest absolute Gasteiger partial charge is 0.377 e. The molecule has 1 aliphatic heterocycles. The molecule has 1 aromatic carbocycles. The van der Waals surface area contributed by atoms with Crippen LogP contribution in [0.5, 0.6) is 0 Å². The average molecular weight is 315 g/mol. The zero-order chi connectivity index (χ0) is 14.9. The third-order valence-electron chi connectivity index (χ3n) is 3.78. The van der Waals surface area contributed by atoms with Gasteiger partial charge in [-0.05, 0) is 25.0 Å². The highest BCUT2D eigenvalue weighted by Gasteiger charge is 2.25. The second-order valence-electron chi connectivity index (χ2n) is 5.37. The Bertz CT molecular complexity index is 763. The van der Waals surface area contributed by atoms with Crippen molar-refractivity contribution < 1.29 is 4.74 Å². The zero-order valence-electron chi connectivity index (χ0n) is 12.3. The van der Waals surface area contributed by atoms with E-state index >= 15 is 0 Å². The van der Waals surface area contributed by atoms with Crippen molar-refractivity contribution in [1.29, 1.82) is 0 Å². The molecule has 1 unspecified atom stereocenters. The van der Waals surface area contributed by atoms with E-state index in [0.29, 0.717) is 6.61 Å². The van der Waals surface area contributed by atoms with E-state index in [0.717, 1.165) is 41.7 Å². The van der Waals surface area contributed by atoms with Crippen LogP contribution in [0.4, 0.5) is 5.13 Å². The maximum Gasteiger partial charge on any atom is 0.184 e. The molecule has 22 heavy (non-hydrogen) atoms. The SMILES string of the molecule is COCc1nc2n(n1)CCCC2Nc1nc2ccccc2s1. The standard InChI is InChI=1S/C15H17N5OS/c1-21-9-13-18-14-11(6-4-8-20(14)19-13)17-15-16-10-5-2-3-7-12(10)22-15/h2-3,5,7,11H,4,6,8-9H2,1H3,(H,16,17). The van der Waals surface area contributed by atoms with Gasteiger partial charge in [0, 0.05) is 13.7 Å². The lowest BCUT2D eigenvalue weighted by atomic mass is 10.1. The summed E-state index contributed by atoms with van der Waals surface area (Å²) in [6.07, 6.45) is 2.13. The minimum atomic E-state index is 0.160. The van der Waals surface area contributed by atoms with E-state index < -0.39 is 0 Å². The summed E-state index contributed by atoms with van der Waals surface area (Å²) in [5.41, 5.74) is 1.03. The summed E-state index contributed by atoms with van der Waals surface area (Å²) >= 11 is 1.68. The zero-order valence-corrected chi connectivity index (χ0v) is 13.1. The van der Waals surface area contributed by atoms with Crippen molar-refractivity contribution in [1.82, 2.24) is 19.7 Å². The highest BCUT2D eigenvalue weighted by molar-refractivity contribution is 7.22. The van der Waals surface area contributed by atoms with Crippen LogP contribution in [0.3, 0.4) is 0 Å². The number of aromatic nitrogens is 4. The van der Waals surface area contributed by atoms with Gasteiger partial charge >= 0.3 is 0 Å². The molecule has 6 nitrogen and oxygen atoms in total. The third kappa shape index (κ3) is 2.46. The van der Waals surface area contributed by atoms with Crippen molar-refractivity contribution in [2.24, 2.45) is 0 Å². The van der Waals surface area contributed by atoms with Gasteiger partial charge < -0.3 is 10.1 Å². The van der Waals surface area contributed by atoms with Crippen molar-refractivity contribution >= 4 is 26.7 Å². The average Bonchev–Trinajstić information content (AvgIpc) is 3.11. The molecule has 3 heterocycles. The van der Waals surface area contributed by atoms with Gasteiger partial charge in [-0.2, -0.15) is 5.10 Å². The van der Waals surface area contributed by atoms with Gasteiger partial charge in [0.2, 0.25) is 0 Å². The minimum Gasteiger partial charge on any atom is -0.377 e. The number of aryl methyl sites for hydroxylation is 1. The first-order valence-corrected chi connectivity index (χ1v) is 8.20. The van der Waals surface area contributed by atoms with Crippen molar-refractivity contribution in [3.8, 4) is 0 Å². The van der Waals surface area contributed by atoms with Crippen LogP contribution in [0, 0.1) is 0 Å². The fraction of sp³-hybridized carbons (Fsp3) is 0.400. The van der Waals surface area contributed by atoms with Crippen LogP contribution in [0.1, 0.15) is 30.5 Å². The Morgan fingerprint density at radius 1 is 1.36 bits per heavy atom. The molecule has 1 atom stereocenters. The summed E-state index contributed by atoms with van der Waals surface area (Å²) in [5.74, 6) is 1.73. The molecule has 3 aromatic rings. The molecular weight excluding hydrogens is 298 g/mol.